The van der Waals surface area contributed by atoms with Crippen LogP contribution in [0.1, 0.15) is 61.9 Å². The molecule has 0 aliphatic heterocycles. The lowest BCUT2D eigenvalue weighted by Gasteiger charge is -2.08. The van der Waals surface area contributed by atoms with Gasteiger partial charge in [0.05, 0.1) is 0 Å². The maximum absolute atomic E-state index is 13.0. The van der Waals surface area contributed by atoms with Crippen molar-refractivity contribution in [3.05, 3.63) is 35.1 Å². The molecule has 1 amide bonds. The van der Waals surface area contributed by atoms with Crippen molar-refractivity contribution < 1.29 is 9.18 Å². The van der Waals surface area contributed by atoms with Crippen LogP contribution in [0.15, 0.2) is 18.2 Å². The van der Waals surface area contributed by atoms with Gasteiger partial charge in [-0.3, -0.25) is 4.79 Å². The molecule has 0 spiro atoms. The molecule has 0 bridgehead atoms. The van der Waals surface area contributed by atoms with Crippen LogP contribution in [0.25, 0.3) is 0 Å². The number of halogens is 1. The second-order valence-corrected chi connectivity index (χ2v) is 5.81. The van der Waals surface area contributed by atoms with E-state index in [1.807, 2.05) is 0 Å². The van der Waals surface area contributed by atoms with E-state index >= 15 is 0 Å². The van der Waals surface area contributed by atoms with Gasteiger partial charge in [-0.05, 0) is 43.0 Å². The summed E-state index contributed by atoms with van der Waals surface area (Å²) in [5.41, 5.74) is 1.24. The van der Waals surface area contributed by atoms with Crippen molar-refractivity contribution in [2.45, 2.75) is 52.9 Å². The van der Waals surface area contributed by atoms with Crippen LogP contribution in [0.3, 0.4) is 0 Å². The highest BCUT2D eigenvalue weighted by Gasteiger charge is 2.08. The molecule has 1 N–H and O–H groups in total. The predicted molar refractivity (Wildman–Crippen MR) is 81.4 cm³/mol. The minimum absolute atomic E-state index is 0.107. The number of benzene rings is 1. The Hall–Kier alpha value is -1.38. The summed E-state index contributed by atoms with van der Waals surface area (Å²) >= 11 is 0. The lowest BCUT2D eigenvalue weighted by Crippen LogP contribution is -2.25. The Morgan fingerprint density at radius 2 is 1.90 bits per heavy atom. The summed E-state index contributed by atoms with van der Waals surface area (Å²) in [7, 11) is 0. The summed E-state index contributed by atoms with van der Waals surface area (Å²) in [5.74, 6) is 0.366. The summed E-state index contributed by atoms with van der Waals surface area (Å²) in [5, 5.41) is 2.90. The van der Waals surface area contributed by atoms with Crippen LogP contribution >= 0.6 is 0 Å². The van der Waals surface area contributed by atoms with Gasteiger partial charge in [0.15, 0.2) is 0 Å². The van der Waals surface area contributed by atoms with Crippen LogP contribution < -0.4 is 5.32 Å². The van der Waals surface area contributed by atoms with Crippen LogP contribution in [0, 0.1) is 18.7 Å². The molecular formula is C17H26FNO. The molecule has 0 saturated heterocycles. The number of amides is 1. The molecule has 0 aromatic heterocycles. The smallest absolute Gasteiger partial charge is 0.251 e. The van der Waals surface area contributed by atoms with Crippen LogP contribution in [-0.2, 0) is 0 Å². The molecule has 0 radical (unpaired) electrons. The molecule has 112 valence electrons. The van der Waals surface area contributed by atoms with E-state index in [-0.39, 0.29) is 11.7 Å². The van der Waals surface area contributed by atoms with Crippen LogP contribution in [0.2, 0.25) is 0 Å². The van der Waals surface area contributed by atoms with E-state index in [1.165, 1.54) is 31.4 Å². The average Bonchev–Trinajstić information content (AvgIpc) is 2.37. The minimum Gasteiger partial charge on any atom is -0.352 e. The highest BCUT2D eigenvalue weighted by molar-refractivity contribution is 5.95. The van der Waals surface area contributed by atoms with Gasteiger partial charge in [-0.1, -0.05) is 39.5 Å². The molecule has 20 heavy (non-hydrogen) atoms. The maximum Gasteiger partial charge on any atom is 0.251 e. The summed E-state index contributed by atoms with van der Waals surface area (Å²) in [6.45, 7) is 6.93. The minimum atomic E-state index is -0.302. The number of rotatable bonds is 8. The third-order valence-electron chi connectivity index (χ3n) is 3.43. The molecule has 3 heteroatoms. The third-order valence-corrected chi connectivity index (χ3v) is 3.43. The van der Waals surface area contributed by atoms with Crippen molar-refractivity contribution in [1.82, 2.24) is 5.32 Å². The van der Waals surface area contributed by atoms with Gasteiger partial charge in [-0.2, -0.15) is 0 Å². The van der Waals surface area contributed by atoms with E-state index in [0.717, 1.165) is 18.8 Å². The Kier molecular flexibility index (Phi) is 7.27. The molecule has 0 fully saturated rings. The Morgan fingerprint density at radius 3 is 2.55 bits per heavy atom. The SMILES string of the molecule is Cc1cc(F)ccc1C(=O)NCCCCCCC(C)C. The van der Waals surface area contributed by atoms with Crippen LogP contribution in [-0.4, -0.2) is 12.5 Å². The quantitative estimate of drug-likeness (QED) is 0.699. The number of nitrogens with one attached hydrogen (secondary N) is 1. The second kappa shape index (κ2) is 8.72. The highest BCUT2D eigenvalue weighted by atomic mass is 19.1. The highest BCUT2D eigenvalue weighted by Crippen LogP contribution is 2.11. The zero-order chi connectivity index (χ0) is 15.0. The second-order valence-electron chi connectivity index (χ2n) is 5.81. The van der Waals surface area contributed by atoms with Crippen molar-refractivity contribution in [2.75, 3.05) is 6.54 Å². The first-order chi connectivity index (χ1) is 9.50. The molecule has 0 aliphatic carbocycles. The topological polar surface area (TPSA) is 29.1 Å². The summed E-state index contributed by atoms with van der Waals surface area (Å²) in [6, 6.07) is 4.26. The maximum atomic E-state index is 13.0. The Balaban J connectivity index is 2.20. The fourth-order valence-electron chi connectivity index (χ4n) is 2.21. The molecule has 0 heterocycles. The Morgan fingerprint density at radius 1 is 1.20 bits per heavy atom. The summed E-state index contributed by atoms with van der Waals surface area (Å²) in [4.78, 5) is 11.9. The van der Waals surface area contributed by atoms with Gasteiger partial charge in [-0.15, -0.1) is 0 Å². The monoisotopic (exact) mass is 279 g/mol. The lowest BCUT2D eigenvalue weighted by molar-refractivity contribution is 0.0952. The van der Waals surface area contributed by atoms with Crippen molar-refractivity contribution in [3.8, 4) is 0 Å². The van der Waals surface area contributed by atoms with Gasteiger partial charge in [0.25, 0.3) is 5.91 Å². The largest absolute Gasteiger partial charge is 0.352 e. The van der Waals surface area contributed by atoms with Crippen molar-refractivity contribution in [1.29, 1.82) is 0 Å². The molecule has 0 saturated carbocycles. The molecular weight excluding hydrogens is 253 g/mol. The average molecular weight is 279 g/mol. The van der Waals surface area contributed by atoms with E-state index in [9.17, 15) is 9.18 Å². The zero-order valence-electron chi connectivity index (χ0n) is 12.8. The molecule has 1 aromatic carbocycles. The normalized spacial score (nSPS) is 10.8. The molecule has 0 atom stereocenters. The predicted octanol–water partition coefficient (Wildman–Crippen LogP) is 4.47. The fraction of sp³-hybridized carbons (Fsp3) is 0.588. The fourth-order valence-corrected chi connectivity index (χ4v) is 2.21. The third kappa shape index (κ3) is 6.18. The molecule has 1 aromatic rings. The van der Waals surface area contributed by atoms with Gasteiger partial charge in [0.2, 0.25) is 0 Å². The number of carbonyl (C=O) groups excluding carboxylic acids is 1. The Bertz CT molecular complexity index is 429. The first kappa shape index (κ1) is 16.7. The molecule has 0 aliphatic rings. The Labute approximate surface area is 121 Å². The van der Waals surface area contributed by atoms with Gasteiger partial charge >= 0.3 is 0 Å². The van der Waals surface area contributed by atoms with E-state index < -0.39 is 0 Å². The van der Waals surface area contributed by atoms with Crippen LogP contribution in [0.5, 0.6) is 0 Å². The standard InChI is InChI=1S/C17H26FNO/c1-13(2)8-6-4-5-7-11-19-17(20)16-10-9-15(18)12-14(16)3/h9-10,12-13H,4-8,11H2,1-3H3,(H,19,20). The first-order valence-electron chi connectivity index (χ1n) is 7.55. The summed E-state index contributed by atoms with van der Waals surface area (Å²) in [6.07, 6.45) is 5.92. The van der Waals surface area contributed by atoms with Crippen molar-refractivity contribution in [3.63, 3.8) is 0 Å². The molecule has 0 unspecified atom stereocenters. The lowest BCUT2D eigenvalue weighted by atomic mass is 10.0. The first-order valence-corrected chi connectivity index (χ1v) is 7.55. The van der Waals surface area contributed by atoms with Crippen molar-refractivity contribution >= 4 is 5.91 Å². The van der Waals surface area contributed by atoms with E-state index in [4.69, 9.17) is 0 Å². The molecule has 1 rings (SSSR count). The van der Waals surface area contributed by atoms with E-state index in [1.54, 1.807) is 13.0 Å². The van der Waals surface area contributed by atoms with E-state index in [0.29, 0.717) is 17.7 Å². The van der Waals surface area contributed by atoms with Gasteiger partial charge in [0, 0.05) is 12.1 Å². The van der Waals surface area contributed by atoms with Gasteiger partial charge in [-0.25, -0.2) is 4.39 Å². The molecule has 2 nitrogen and oxygen atoms in total. The zero-order valence-corrected chi connectivity index (χ0v) is 12.8. The number of carbonyl (C=O) groups is 1. The van der Waals surface area contributed by atoms with Crippen LogP contribution in [0.4, 0.5) is 4.39 Å². The van der Waals surface area contributed by atoms with Crippen molar-refractivity contribution in [2.24, 2.45) is 5.92 Å². The van der Waals surface area contributed by atoms with Gasteiger partial charge < -0.3 is 5.32 Å². The number of aryl methyl sites for hydroxylation is 1. The number of hydrogen-bond acceptors (Lipinski definition) is 1. The van der Waals surface area contributed by atoms with Gasteiger partial charge in [0.1, 0.15) is 5.82 Å². The van der Waals surface area contributed by atoms with E-state index in [2.05, 4.69) is 19.2 Å². The number of hydrogen-bond donors (Lipinski definition) is 1. The number of unbranched alkanes of at least 4 members (excludes halogenated alkanes) is 3. The summed E-state index contributed by atoms with van der Waals surface area (Å²) < 4.78 is 13.0.